The van der Waals surface area contributed by atoms with E-state index < -0.39 is 0 Å². The molecule has 1 aromatic rings. The number of hydrogen-bond donors (Lipinski definition) is 0. The topological polar surface area (TPSA) is 16.1 Å². The first kappa shape index (κ1) is 8.27. The molecule has 1 aromatic heterocycles. The second kappa shape index (κ2) is 3.53. The first-order valence-electron chi connectivity index (χ1n) is 3.52. The van der Waals surface area contributed by atoms with E-state index in [4.69, 9.17) is 7.85 Å². The van der Waals surface area contributed by atoms with Gasteiger partial charge >= 0.3 is 0 Å². The van der Waals surface area contributed by atoms with Crippen molar-refractivity contribution in [3.05, 3.63) is 24.0 Å². The molecule has 0 saturated heterocycles. The molecule has 1 heterocycles. The van der Waals surface area contributed by atoms with Crippen LogP contribution < -0.4 is 5.46 Å². The first-order valence-corrected chi connectivity index (χ1v) is 3.52. The smallest absolute Gasteiger partial charge is 0.115 e. The molecular weight excluding hydrogens is 135 g/mol. The van der Waals surface area contributed by atoms with Crippen molar-refractivity contribution in [3.8, 4) is 0 Å². The van der Waals surface area contributed by atoms with Crippen molar-refractivity contribution < 1.29 is 0 Å². The van der Waals surface area contributed by atoms with Crippen molar-refractivity contribution >= 4 is 13.3 Å². The summed E-state index contributed by atoms with van der Waals surface area (Å²) in [4.78, 5) is 6.07. The fraction of sp³-hybridized carbons (Fsp3) is 0.375. The highest BCUT2D eigenvalue weighted by Crippen LogP contribution is 1.95. The van der Waals surface area contributed by atoms with E-state index in [1.54, 1.807) is 6.20 Å². The van der Waals surface area contributed by atoms with Gasteiger partial charge in [-0.2, -0.15) is 0 Å². The van der Waals surface area contributed by atoms with Crippen molar-refractivity contribution in [1.82, 2.24) is 9.88 Å². The number of nitrogens with zero attached hydrogens (tertiary/aromatic N) is 2. The summed E-state index contributed by atoms with van der Waals surface area (Å²) in [5.41, 5.74) is 1.87. The SMILES string of the molecule is [B]c1cncc(CN(C)C)c1. The lowest BCUT2D eigenvalue weighted by molar-refractivity contribution is 0.402. The Morgan fingerprint density at radius 1 is 1.45 bits per heavy atom. The van der Waals surface area contributed by atoms with Crippen LogP contribution in [-0.2, 0) is 6.54 Å². The molecule has 0 spiro atoms. The lowest BCUT2D eigenvalue weighted by Gasteiger charge is -2.08. The third kappa shape index (κ3) is 2.72. The molecule has 0 atom stereocenters. The maximum atomic E-state index is 5.55. The van der Waals surface area contributed by atoms with Gasteiger partial charge in [0.2, 0.25) is 0 Å². The van der Waals surface area contributed by atoms with Gasteiger partial charge in [0, 0.05) is 18.9 Å². The first-order chi connectivity index (χ1) is 5.18. The van der Waals surface area contributed by atoms with Crippen LogP contribution in [0.3, 0.4) is 0 Å². The van der Waals surface area contributed by atoms with Crippen LogP contribution in [0.25, 0.3) is 0 Å². The maximum Gasteiger partial charge on any atom is 0.115 e. The van der Waals surface area contributed by atoms with E-state index in [1.807, 2.05) is 26.4 Å². The Morgan fingerprint density at radius 3 is 2.73 bits per heavy atom. The predicted molar refractivity (Wildman–Crippen MR) is 47.0 cm³/mol. The molecule has 0 aliphatic rings. The molecule has 0 N–H and O–H groups in total. The Kier molecular flexibility index (Phi) is 2.66. The molecule has 0 unspecified atom stereocenters. The van der Waals surface area contributed by atoms with Crippen LogP contribution in [0.5, 0.6) is 0 Å². The summed E-state index contributed by atoms with van der Waals surface area (Å²) in [5.74, 6) is 0. The van der Waals surface area contributed by atoms with E-state index in [0.29, 0.717) is 0 Å². The summed E-state index contributed by atoms with van der Waals surface area (Å²) in [5, 5.41) is 0. The van der Waals surface area contributed by atoms with E-state index in [-0.39, 0.29) is 0 Å². The van der Waals surface area contributed by atoms with Crippen molar-refractivity contribution in [1.29, 1.82) is 0 Å². The third-order valence-electron chi connectivity index (χ3n) is 1.31. The molecular formula is C8H11BN2. The molecule has 0 aliphatic carbocycles. The Morgan fingerprint density at radius 2 is 2.18 bits per heavy atom. The third-order valence-corrected chi connectivity index (χ3v) is 1.31. The van der Waals surface area contributed by atoms with Gasteiger partial charge in [-0.3, -0.25) is 4.98 Å². The summed E-state index contributed by atoms with van der Waals surface area (Å²) in [6.07, 6.45) is 3.48. The van der Waals surface area contributed by atoms with Crippen molar-refractivity contribution in [2.45, 2.75) is 6.54 Å². The van der Waals surface area contributed by atoms with E-state index in [1.165, 1.54) is 0 Å². The van der Waals surface area contributed by atoms with Crippen LogP contribution in [0.1, 0.15) is 5.56 Å². The van der Waals surface area contributed by atoms with Gasteiger partial charge in [-0.1, -0.05) is 11.5 Å². The minimum atomic E-state index is 0.726. The summed E-state index contributed by atoms with van der Waals surface area (Å²) >= 11 is 0. The van der Waals surface area contributed by atoms with Crippen LogP contribution in [0, 0.1) is 0 Å². The average Bonchev–Trinajstić information content (AvgIpc) is 1.85. The van der Waals surface area contributed by atoms with Gasteiger partial charge in [0.15, 0.2) is 0 Å². The second-order valence-electron chi connectivity index (χ2n) is 2.86. The largest absolute Gasteiger partial charge is 0.305 e. The number of pyridine rings is 1. The Labute approximate surface area is 68.7 Å². The average molecular weight is 146 g/mol. The van der Waals surface area contributed by atoms with Crippen LogP contribution in [0.15, 0.2) is 18.5 Å². The molecule has 2 nitrogen and oxygen atoms in total. The lowest BCUT2D eigenvalue weighted by atomic mass is 9.97. The van der Waals surface area contributed by atoms with Crippen molar-refractivity contribution in [3.63, 3.8) is 0 Å². The zero-order chi connectivity index (χ0) is 8.27. The summed E-state index contributed by atoms with van der Waals surface area (Å²) in [6.45, 7) is 0.887. The fourth-order valence-electron chi connectivity index (χ4n) is 0.959. The molecule has 0 aliphatic heterocycles. The van der Waals surface area contributed by atoms with E-state index in [9.17, 15) is 0 Å². The van der Waals surface area contributed by atoms with Gasteiger partial charge in [0.05, 0.1) is 0 Å². The van der Waals surface area contributed by atoms with Crippen LogP contribution in [0.4, 0.5) is 0 Å². The second-order valence-corrected chi connectivity index (χ2v) is 2.86. The molecule has 0 aromatic carbocycles. The van der Waals surface area contributed by atoms with Gasteiger partial charge in [-0.15, -0.1) is 0 Å². The normalized spacial score (nSPS) is 10.5. The molecule has 0 amide bonds. The molecule has 56 valence electrons. The summed E-state index contributed by atoms with van der Waals surface area (Å²) < 4.78 is 0. The monoisotopic (exact) mass is 146 g/mol. The Balaban J connectivity index is 2.71. The standard InChI is InChI=1S/C8H11BN2/c1-11(2)6-7-3-8(9)5-10-4-7/h3-5H,6H2,1-2H3. The maximum absolute atomic E-state index is 5.55. The number of hydrogen-bond acceptors (Lipinski definition) is 2. The zero-order valence-corrected chi connectivity index (χ0v) is 6.91. The predicted octanol–water partition coefficient (Wildman–Crippen LogP) is -0.0630. The summed E-state index contributed by atoms with van der Waals surface area (Å²) in [6, 6.07) is 1.94. The Hall–Kier alpha value is -0.825. The molecule has 0 fully saturated rings. The van der Waals surface area contributed by atoms with Gasteiger partial charge < -0.3 is 4.90 Å². The van der Waals surface area contributed by atoms with Gasteiger partial charge in [0.1, 0.15) is 7.85 Å². The molecule has 0 saturated carbocycles. The molecule has 3 heteroatoms. The van der Waals surface area contributed by atoms with E-state index >= 15 is 0 Å². The molecule has 2 radical (unpaired) electrons. The quantitative estimate of drug-likeness (QED) is 0.543. The van der Waals surface area contributed by atoms with Crippen LogP contribution >= 0.6 is 0 Å². The highest BCUT2D eigenvalue weighted by Gasteiger charge is 1.94. The number of rotatable bonds is 2. The van der Waals surface area contributed by atoms with Crippen molar-refractivity contribution in [2.24, 2.45) is 0 Å². The minimum Gasteiger partial charge on any atom is -0.305 e. The van der Waals surface area contributed by atoms with Crippen LogP contribution in [-0.4, -0.2) is 31.8 Å². The lowest BCUT2D eigenvalue weighted by Crippen LogP contribution is -2.13. The molecule has 11 heavy (non-hydrogen) atoms. The zero-order valence-electron chi connectivity index (χ0n) is 6.91. The van der Waals surface area contributed by atoms with E-state index in [2.05, 4.69) is 9.88 Å². The summed E-state index contributed by atoms with van der Waals surface area (Å²) in [7, 11) is 9.59. The minimum absolute atomic E-state index is 0.726. The van der Waals surface area contributed by atoms with Gasteiger partial charge in [-0.25, -0.2) is 0 Å². The highest BCUT2D eigenvalue weighted by atomic mass is 15.0. The van der Waals surface area contributed by atoms with Crippen LogP contribution in [0.2, 0.25) is 0 Å². The molecule has 1 rings (SSSR count). The number of aromatic nitrogens is 1. The van der Waals surface area contributed by atoms with Gasteiger partial charge in [-0.05, 0) is 19.7 Å². The van der Waals surface area contributed by atoms with Gasteiger partial charge in [0.25, 0.3) is 0 Å². The fourth-order valence-corrected chi connectivity index (χ4v) is 0.959. The van der Waals surface area contributed by atoms with Crippen molar-refractivity contribution in [2.75, 3.05) is 14.1 Å². The highest BCUT2D eigenvalue weighted by molar-refractivity contribution is 6.32. The molecule has 0 bridgehead atoms. The van der Waals surface area contributed by atoms with E-state index in [0.717, 1.165) is 17.6 Å². The Bertz CT molecular complexity index is 235.